The second kappa shape index (κ2) is 11.0. The first kappa shape index (κ1) is 33.8. The molecule has 3 heterocycles. The normalized spacial score (nSPS) is 19.4. The topological polar surface area (TPSA) is 162 Å². The summed E-state index contributed by atoms with van der Waals surface area (Å²) in [6, 6.07) is 12.2. The van der Waals surface area contributed by atoms with Gasteiger partial charge in [0.15, 0.2) is 5.54 Å². The van der Waals surface area contributed by atoms with Gasteiger partial charge < -0.3 is 14.7 Å². The zero-order valence-corrected chi connectivity index (χ0v) is 29.5. The van der Waals surface area contributed by atoms with Crippen LogP contribution in [0.5, 0.6) is 11.5 Å². The molecule has 0 saturated heterocycles. The Kier molecular flexibility index (Phi) is 7.75. The van der Waals surface area contributed by atoms with Gasteiger partial charge in [-0.1, -0.05) is 17.7 Å². The van der Waals surface area contributed by atoms with Crippen molar-refractivity contribution in [3.05, 3.63) is 92.5 Å². The number of hydrogen-bond donors (Lipinski definition) is 3. The van der Waals surface area contributed by atoms with Crippen LogP contribution in [0, 0.1) is 6.92 Å². The van der Waals surface area contributed by atoms with Crippen molar-refractivity contribution in [3.8, 4) is 11.5 Å². The van der Waals surface area contributed by atoms with Gasteiger partial charge in [-0.15, -0.1) is 0 Å². The first-order valence-electron chi connectivity index (χ1n) is 15.4. The molecule has 1 unspecified atom stereocenters. The van der Waals surface area contributed by atoms with E-state index < -0.39 is 54.7 Å². The number of nitrogens with zero attached hydrogens (tertiary/aromatic N) is 2. The number of aryl methyl sites for hydroxylation is 1. The fourth-order valence-electron chi connectivity index (χ4n) is 7.28. The van der Waals surface area contributed by atoms with Crippen LogP contribution in [0.15, 0.2) is 48.5 Å². The summed E-state index contributed by atoms with van der Waals surface area (Å²) in [6.07, 6.45) is 2.21. The highest BCUT2D eigenvalue weighted by molar-refractivity contribution is 7.86. The Hall–Kier alpha value is -4.04. The Morgan fingerprint density at radius 3 is 2.27 bits per heavy atom. The maximum absolute atomic E-state index is 12.7. The number of ether oxygens (including phenoxy) is 1. The zero-order valence-electron chi connectivity index (χ0n) is 27.8. The summed E-state index contributed by atoms with van der Waals surface area (Å²) in [7, 11) is -4.98. The highest BCUT2D eigenvalue weighted by atomic mass is 32.2. The number of rotatable bonds is 6. The largest absolute Gasteiger partial charge is 0.478 e. The first-order valence-corrected chi connectivity index (χ1v) is 18.6. The number of anilines is 1. The molecular formula is C35H39N2O9S2+. The van der Waals surface area contributed by atoms with Crippen molar-refractivity contribution in [3.63, 3.8) is 0 Å². The summed E-state index contributed by atoms with van der Waals surface area (Å²) in [6.45, 7) is 9.68. The van der Waals surface area contributed by atoms with Crippen molar-refractivity contribution in [2.24, 2.45) is 0 Å². The van der Waals surface area contributed by atoms with E-state index in [1.807, 2.05) is 70.3 Å². The van der Waals surface area contributed by atoms with Crippen molar-refractivity contribution < 1.29 is 40.6 Å². The van der Waals surface area contributed by atoms with Crippen LogP contribution in [0.2, 0.25) is 0 Å². The highest BCUT2D eigenvalue weighted by Crippen LogP contribution is 2.49. The van der Waals surface area contributed by atoms with Gasteiger partial charge in [-0.2, -0.15) is 16.8 Å². The molecule has 3 aromatic carbocycles. The van der Waals surface area contributed by atoms with E-state index in [1.165, 1.54) is 6.07 Å². The number of aromatic carboxylic acids is 1. The molecule has 1 atom stereocenters. The van der Waals surface area contributed by atoms with Crippen molar-refractivity contribution >= 4 is 43.0 Å². The molecule has 3 aliphatic heterocycles. The van der Waals surface area contributed by atoms with E-state index in [-0.39, 0.29) is 5.56 Å². The molecule has 0 amide bonds. The Labute approximate surface area is 280 Å². The molecule has 0 fully saturated rings. The summed E-state index contributed by atoms with van der Waals surface area (Å²) >= 11 is 0. The smallest absolute Gasteiger partial charge is 0.336 e. The molecule has 6 rings (SSSR count). The van der Waals surface area contributed by atoms with E-state index in [0.29, 0.717) is 61.9 Å². The minimum Gasteiger partial charge on any atom is -0.478 e. The van der Waals surface area contributed by atoms with Gasteiger partial charge in [0.25, 0.3) is 20.2 Å². The summed E-state index contributed by atoms with van der Waals surface area (Å²) in [5.41, 5.74) is 3.47. The lowest BCUT2D eigenvalue weighted by molar-refractivity contribution is 0.0696. The molecule has 0 bridgehead atoms. The van der Waals surface area contributed by atoms with Crippen LogP contribution in [0.1, 0.15) is 78.2 Å². The number of fused-ring (bicyclic) bond motifs is 4. The molecule has 0 radical (unpaired) electrons. The lowest BCUT2D eigenvalue weighted by Gasteiger charge is -2.46. The van der Waals surface area contributed by atoms with Crippen LogP contribution in [0.4, 0.5) is 5.69 Å². The first-order chi connectivity index (χ1) is 22.1. The molecule has 3 aliphatic rings. The van der Waals surface area contributed by atoms with Gasteiger partial charge in [0.2, 0.25) is 5.36 Å². The fourth-order valence-corrected chi connectivity index (χ4v) is 8.72. The fraction of sp³-hybridized carbons (Fsp3) is 0.371. The van der Waals surface area contributed by atoms with E-state index in [2.05, 4.69) is 0 Å². The SMILES string of the molecule is Cc1ccc(C(=O)O)c(C2=c3cc4c(cc3Oc3cc5c(cc32)C(CS(=O)(=O)O)CC(C)(C)N5C)=[N+](C)C(C)(C)C=C4CS(=O)(=O)O)c1. The van der Waals surface area contributed by atoms with Gasteiger partial charge in [-0.3, -0.25) is 9.11 Å². The van der Waals surface area contributed by atoms with Gasteiger partial charge in [0, 0.05) is 60.5 Å². The van der Waals surface area contributed by atoms with Gasteiger partial charge in [0.1, 0.15) is 24.3 Å². The molecule has 0 spiro atoms. The average molecular weight is 696 g/mol. The van der Waals surface area contributed by atoms with Crippen molar-refractivity contribution in [1.29, 1.82) is 0 Å². The van der Waals surface area contributed by atoms with Crippen LogP contribution < -0.4 is 24.8 Å². The zero-order chi connectivity index (χ0) is 35.3. The van der Waals surface area contributed by atoms with Crippen LogP contribution in [-0.2, 0) is 20.2 Å². The minimum absolute atomic E-state index is 0.0320. The summed E-state index contributed by atoms with van der Waals surface area (Å²) in [4.78, 5) is 14.7. The van der Waals surface area contributed by atoms with Gasteiger partial charge in [-0.25, -0.2) is 9.37 Å². The quantitative estimate of drug-likeness (QED) is 0.200. The van der Waals surface area contributed by atoms with Crippen LogP contribution in [-0.4, -0.2) is 73.7 Å². The second-order valence-corrected chi connectivity index (χ2v) is 17.2. The van der Waals surface area contributed by atoms with E-state index in [4.69, 9.17) is 4.74 Å². The van der Waals surface area contributed by atoms with E-state index in [1.54, 1.807) is 30.3 Å². The molecule has 3 aromatic rings. The maximum atomic E-state index is 12.7. The third kappa shape index (κ3) is 5.93. The monoisotopic (exact) mass is 695 g/mol. The standard InChI is InChI=1S/C35H38N2O9S2/c1-19-8-9-22(33(38)39)25(10-19)32-26-11-23-20(17-47(40,41)42)15-34(2,3)36(6)28(23)13-30(26)46-31-14-29-24(12-27(31)32)21(18-48(43,44)45)16-35(4,5)37(29)7/h8-15,21H,16-18H2,1-7H3,(H2-,38,39,40,41,42,43,44,45)/p+1. The van der Waals surface area contributed by atoms with Crippen LogP contribution in [0.3, 0.4) is 0 Å². The molecular weight excluding hydrogens is 657 g/mol. The number of benzene rings is 3. The number of likely N-dealkylation sites (N-methyl/N-ethyl adjacent to an activating group) is 1. The van der Waals surface area contributed by atoms with E-state index in [9.17, 15) is 35.8 Å². The summed E-state index contributed by atoms with van der Waals surface area (Å²) in [5.74, 6) is -2.00. The third-order valence-corrected chi connectivity index (χ3v) is 11.5. The number of carboxylic acid groups (broad SMARTS) is 1. The molecule has 48 heavy (non-hydrogen) atoms. The van der Waals surface area contributed by atoms with E-state index in [0.717, 1.165) is 11.3 Å². The van der Waals surface area contributed by atoms with Crippen molar-refractivity contribution in [1.82, 2.24) is 4.58 Å². The molecule has 0 saturated carbocycles. The number of hydrogen-bond acceptors (Lipinski definition) is 7. The van der Waals surface area contributed by atoms with E-state index >= 15 is 0 Å². The molecule has 0 aromatic heterocycles. The lowest BCUT2D eigenvalue weighted by atomic mass is 9.78. The summed E-state index contributed by atoms with van der Waals surface area (Å²) < 4.78 is 77.2. The Bertz CT molecular complexity index is 2320. The van der Waals surface area contributed by atoms with Gasteiger partial charge >= 0.3 is 5.97 Å². The van der Waals surface area contributed by atoms with Crippen molar-refractivity contribution in [2.75, 3.05) is 30.5 Å². The minimum atomic E-state index is -4.42. The molecule has 3 N–H and O–H groups in total. The van der Waals surface area contributed by atoms with Gasteiger partial charge in [0.05, 0.1) is 22.9 Å². The van der Waals surface area contributed by atoms with Crippen LogP contribution in [0.25, 0.3) is 11.1 Å². The third-order valence-electron chi connectivity index (χ3n) is 9.96. The predicted octanol–water partition coefficient (Wildman–Crippen LogP) is 3.82. The molecule has 0 aliphatic carbocycles. The summed E-state index contributed by atoms with van der Waals surface area (Å²) in [5, 5.41) is 11.5. The number of carboxylic acids is 1. The maximum Gasteiger partial charge on any atom is 0.336 e. The Balaban J connectivity index is 1.77. The number of carbonyl (C=O) groups is 1. The lowest BCUT2D eigenvalue weighted by Crippen LogP contribution is -2.48. The molecule has 254 valence electrons. The van der Waals surface area contributed by atoms with Crippen molar-refractivity contribution in [2.45, 2.75) is 58.0 Å². The second-order valence-electron chi connectivity index (χ2n) is 14.2. The highest BCUT2D eigenvalue weighted by Gasteiger charge is 2.40. The van der Waals surface area contributed by atoms with Gasteiger partial charge in [-0.05, 0) is 68.2 Å². The molecule has 11 nitrogen and oxygen atoms in total. The van der Waals surface area contributed by atoms with Crippen LogP contribution >= 0.6 is 0 Å². The molecule has 13 heteroatoms. The Morgan fingerprint density at radius 1 is 0.958 bits per heavy atom. The predicted molar refractivity (Wildman–Crippen MR) is 184 cm³/mol. The Morgan fingerprint density at radius 2 is 1.65 bits per heavy atom. The average Bonchev–Trinajstić information content (AvgIpc) is 2.94.